The summed E-state index contributed by atoms with van der Waals surface area (Å²) in [4.78, 5) is 0. The Morgan fingerprint density at radius 2 is 1.94 bits per heavy atom. The van der Waals surface area contributed by atoms with E-state index in [0.717, 1.165) is 31.1 Å². The fourth-order valence-corrected chi connectivity index (χ4v) is 1.63. The Balaban J connectivity index is 2.03. The highest BCUT2D eigenvalue weighted by Gasteiger charge is 1.93. The third kappa shape index (κ3) is 6.08. The third-order valence-corrected chi connectivity index (χ3v) is 2.45. The summed E-state index contributed by atoms with van der Waals surface area (Å²) in [6.07, 6.45) is 1.06. The first-order valence-electron chi connectivity index (χ1n) is 5.59. The second-order valence-electron chi connectivity index (χ2n) is 3.63. The molecule has 0 fully saturated rings. The van der Waals surface area contributed by atoms with Crippen molar-refractivity contribution in [2.24, 2.45) is 0 Å². The van der Waals surface area contributed by atoms with Crippen LogP contribution in [0.15, 0.2) is 24.3 Å². The zero-order valence-electron chi connectivity index (χ0n) is 9.38. The zero-order chi connectivity index (χ0) is 11.6. The van der Waals surface area contributed by atoms with Crippen molar-refractivity contribution in [2.45, 2.75) is 13.0 Å². The van der Waals surface area contributed by atoms with Crippen molar-refractivity contribution >= 4 is 11.6 Å². The molecule has 0 heterocycles. The van der Waals surface area contributed by atoms with Crippen molar-refractivity contribution in [3.05, 3.63) is 34.9 Å². The molecule has 3 nitrogen and oxygen atoms in total. The molecule has 0 spiro atoms. The summed E-state index contributed by atoms with van der Waals surface area (Å²) < 4.78 is 0. The van der Waals surface area contributed by atoms with Gasteiger partial charge in [0.2, 0.25) is 0 Å². The topological polar surface area (TPSA) is 44.3 Å². The van der Waals surface area contributed by atoms with E-state index in [9.17, 15) is 0 Å². The standard InChI is InChI=1S/C12H19ClN2O/c13-12-4-1-3-11(9-12)10-15-6-2-5-14-7-8-16/h1,3-4,9,14-16H,2,5-8,10H2. The van der Waals surface area contributed by atoms with Gasteiger partial charge >= 0.3 is 0 Å². The molecule has 0 amide bonds. The molecule has 16 heavy (non-hydrogen) atoms. The molecular formula is C12H19ClN2O. The Bertz CT molecular complexity index is 294. The fraction of sp³-hybridized carbons (Fsp3) is 0.500. The van der Waals surface area contributed by atoms with Gasteiger partial charge in [-0.3, -0.25) is 0 Å². The molecule has 0 saturated carbocycles. The molecule has 0 bridgehead atoms. The van der Waals surface area contributed by atoms with Gasteiger partial charge in [-0.2, -0.15) is 0 Å². The summed E-state index contributed by atoms with van der Waals surface area (Å²) in [5, 5.41) is 15.8. The normalized spacial score (nSPS) is 10.6. The van der Waals surface area contributed by atoms with Crippen LogP contribution in [0, 0.1) is 0 Å². The number of aliphatic hydroxyl groups is 1. The molecule has 4 heteroatoms. The average molecular weight is 243 g/mol. The predicted molar refractivity (Wildman–Crippen MR) is 67.7 cm³/mol. The zero-order valence-corrected chi connectivity index (χ0v) is 10.1. The van der Waals surface area contributed by atoms with E-state index in [4.69, 9.17) is 16.7 Å². The number of hydrogen-bond acceptors (Lipinski definition) is 3. The summed E-state index contributed by atoms with van der Waals surface area (Å²) in [6.45, 7) is 3.62. The lowest BCUT2D eigenvalue weighted by Crippen LogP contribution is -2.23. The molecule has 0 aromatic heterocycles. The van der Waals surface area contributed by atoms with E-state index in [-0.39, 0.29) is 6.61 Å². The molecule has 0 unspecified atom stereocenters. The van der Waals surface area contributed by atoms with Gasteiger partial charge in [-0.25, -0.2) is 0 Å². The SMILES string of the molecule is OCCNCCCNCc1cccc(Cl)c1. The second-order valence-corrected chi connectivity index (χ2v) is 4.07. The van der Waals surface area contributed by atoms with E-state index in [1.54, 1.807) is 0 Å². The molecule has 1 rings (SSSR count). The van der Waals surface area contributed by atoms with Crippen molar-refractivity contribution in [1.29, 1.82) is 0 Å². The van der Waals surface area contributed by atoms with Crippen LogP contribution in [0.25, 0.3) is 0 Å². The van der Waals surface area contributed by atoms with Gasteiger partial charge in [-0.15, -0.1) is 0 Å². The minimum atomic E-state index is 0.204. The summed E-state index contributed by atoms with van der Waals surface area (Å²) in [5.41, 5.74) is 1.20. The highest BCUT2D eigenvalue weighted by molar-refractivity contribution is 6.30. The number of halogens is 1. The van der Waals surface area contributed by atoms with Crippen LogP contribution in [0.3, 0.4) is 0 Å². The van der Waals surface area contributed by atoms with Crippen LogP contribution in [0.4, 0.5) is 0 Å². The summed E-state index contributed by atoms with van der Waals surface area (Å²) in [6, 6.07) is 7.87. The molecular weight excluding hydrogens is 224 g/mol. The highest BCUT2D eigenvalue weighted by atomic mass is 35.5. The lowest BCUT2D eigenvalue weighted by Gasteiger charge is -2.06. The van der Waals surface area contributed by atoms with Crippen molar-refractivity contribution in [1.82, 2.24) is 10.6 Å². The van der Waals surface area contributed by atoms with Crippen molar-refractivity contribution in [3.63, 3.8) is 0 Å². The number of aliphatic hydroxyl groups excluding tert-OH is 1. The summed E-state index contributed by atoms with van der Waals surface area (Å²) in [7, 11) is 0. The smallest absolute Gasteiger partial charge is 0.0555 e. The number of hydrogen-bond donors (Lipinski definition) is 3. The maximum Gasteiger partial charge on any atom is 0.0555 e. The molecule has 0 radical (unpaired) electrons. The Labute approximate surface area is 102 Å². The molecule has 1 aromatic rings. The monoisotopic (exact) mass is 242 g/mol. The van der Waals surface area contributed by atoms with Gasteiger partial charge in [-0.05, 0) is 37.2 Å². The first kappa shape index (κ1) is 13.5. The van der Waals surface area contributed by atoms with Gasteiger partial charge in [-0.1, -0.05) is 23.7 Å². The van der Waals surface area contributed by atoms with Crippen molar-refractivity contribution in [3.8, 4) is 0 Å². The van der Waals surface area contributed by atoms with Crippen LogP contribution in [-0.4, -0.2) is 31.3 Å². The minimum Gasteiger partial charge on any atom is -0.395 e. The second kappa shape index (κ2) is 8.53. The highest BCUT2D eigenvalue weighted by Crippen LogP contribution is 2.09. The molecule has 0 aliphatic carbocycles. The van der Waals surface area contributed by atoms with E-state index in [1.165, 1.54) is 5.56 Å². The van der Waals surface area contributed by atoms with Gasteiger partial charge in [0.1, 0.15) is 0 Å². The number of rotatable bonds is 8. The number of nitrogens with one attached hydrogen (secondary N) is 2. The van der Waals surface area contributed by atoms with Gasteiger partial charge in [0.15, 0.2) is 0 Å². The van der Waals surface area contributed by atoms with Gasteiger partial charge < -0.3 is 15.7 Å². The Morgan fingerprint density at radius 1 is 1.12 bits per heavy atom. The van der Waals surface area contributed by atoms with Gasteiger partial charge in [0.05, 0.1) is 6.61 Å². The summed E-state index contributed by atoms with van der Waals surface area (Å²) in [5.74, 6) is 0. The Kier molecular flexibility index (Phi) is 7.17. The van der Waals surface area contributed by atoms with Crippen LogP contribution >= 0.6 is 11.6 Å². The largest absolute Gasteiger partial charge is 0.395 e. The molecule has 90 valence electrons. The molecule has 0 atom stereocenters. The number of benzene rings is 1. The maximum atomic E-state index is 8.55. The lowest BCUT2D eigenvalue weighted by molar-refractivity contribution is 0.292. The first-order chi connectivity index (χ1) is 7.83. The molecule has 0 saturated heterocycles. The molecule has 1 aromatic carbocycles. The Hall–Kier alpha value is -0.610. The van der Waals surface area contributed by atoms with Gasteiger partial charge in [0.25, 0.3) is 0 Å². The van der Waals surface area contributed by atoms with Crippen LogP contribution in [0.2, 0.25) is 5.02 Å². The third-order valence-electron chi connectivity index (χ3n) is 2.21. The van der Waals surface area contributed by atoms with E-state index >= 15 is 0 Å². The Morgan fingerprint density at radius 3 is 2.69 bits per heavy atom. The molecule has 0 aliphatic rings. The average Bonchev–Trinajstić information content (AvgIpc) is 2.28. The predicted octanol–water partition coefficient (Wildman–Crippen LogP) is 1.40. The van der Waals surface area contributed by atoms with Crippen LogP contribution in [-0.2, 0) is 6.54 Å². The van der Waals surface area contributed by atoms with Crippen LogP contribution in [0.1, 0.15) is 12.0 Å². The molecule has 0 aliphatic heterocycles. The van der Waals surface area contributed by atoms with Crippen molar-refractivity contribution in [2.75, 3.05) is 26.2 Å². The minimum absolute atomic E-state index is 0.204. The van der Waals surface area contributed by atoms with Crippen molar-refractivity contribution < 1.29 is 5.11 Å². The van der Waals surface area contributed by atoms with E-state index in [1.807, 2.05) is 18.2 Å². The summed E-state index contributed by atoms with van der Waals surface area (Å²) >= 11 is 5.88. The van der Waals surface area contributed by atoms with E-state index < -0.39 is 0 Å². The fourth-order valence-electron chi connectivity index (χ4n) is 1.42. The van der Waals surface area contributed by atoms with E-state index in [2.05, 4.69) is 16.7 Å². The van der Waals surface area contributed by atoms with E-state index in [0.29, 0.717) is 6.54 Å². The lowest BCUT2D eigenvalue weighted by atomic mass is 10.2. The van der Waals surface area contributed by atoms with Gasteiger partial charge in [0, 0.05) is 18.1 Å². The maximum absolute atomic E-state index is 8.55. The van der Waals surface area contributed by atoms with Crippen LogP contribution in [0.5, 0.6) is 0 Å². The van der Waals surface area contributed by atoms with Crippen LogP contribution < -0.4 is 10.6 Å². The quantitative estimate of drug-likeness (QED) is 0.604. The molecule has 3 N–H and O–H groups in total. The first-order valence-corrected chi connectivity index (χ1v) is 5.97.